The van der Waals surface area contributed by atoms with E-state index in [0.717, 1.165) is 16.5 Å². The maximum absolute atomic E-state index is 12.5. The summed E-state index contributed by atoms with van der Waals surface area (Å²) in [4.78, 5) is 26.5. The Bertz CT molecular complexity index is 984. The molecule has 1 unspecified atom stereocenters. The predicted molar refractivity (Wildman–Crippen MR) is 99.9 cm³/mol. The van der Waals surface area contributed by atoms with Crippen molar-refractivity contribution < 1.29 is 9.59 Å². The molecule has 0 aliphatic carbocycles. The molecule has 1 saturated heterocycles. The number of carbonyl (C=O) groups excluding carboxylic acids is 2. The predicted octanol–water partition coefficient (Wildman–Crippen LogP) is 2.89. The van der Waals surface area contributed by atoms with E-state index in [-0.39, 0.29) is 18.2 Å². The highest BCUT2D eigenvalue weighted by Gasteiger charge is 2.36. The Hall–Kier alpha value is -2.86. The fourth-order valence-corrected chi connectivity index (χ4v) is 3.44. The van der Waals surface area contributed by atoms with Crippen LogP contribution in [0.2, 0.25) is 5.02 Å². The van der Waals surface area contributed by atoms with E-state index in [1.807, 2.05) is 42.5 Å². The van der Waals surface area contributed by atoms with Crippen LogP contribution in [0.25, 0.3) is 10.9 Å². The summed E-state index contributed by atoms with van der Waals surface area (Å²) in [7, 11) is 0. The third-order valence-corrected chi connectivity index (χ3v) is 4.79. The maximum Gasteiger partial charge on any atom is 0.229 e. The Labute approximate surface area is 155 Å². The van der Waals surface area contributed by atoms with Gasteiger partial charge in [0.1, 0.15) is 0 Å². The molecule has 2 amide bonds. The van der Waals surface area contributed by atoms with E-state index in [9.17, 15) is 9.59 Å². The number of nitrogens with one attached hydrogen (secondary N) is 2. The summed E-state index contributed by atoms with van der Waals surface area (Å²) < 4.78 is 0. The van der Waals surface area contributed by atoms with Crippen molar-refractivity contribution in [3.05, 3.63) is 59.1 Å². The van der Waals surface area contributed by atoms with Crippen molar-refractivity contribution >= 4 is 40.1 Å². The summed E-state index contributed by atoms with van der Waals surface area (Å²) in [5, 5.41) is 11.6. The van der Waals surface area contributed by atoms with E-state index in [2.05, 4.69) is 15.5 Å². The fraction of sp³-hybridized carbons (Fsp3) is 0.211. The molecule has 1 aromatic heterocycles. The van der Waals surface area contributed by atoms with Gasteiger partial charge in [0.25, 0.3) is 0 Å². The fourth-order valence-electron chi connectivity index (χ4n) is 3.22. The van der Waals surface area contributed by atoms with Crippen LogP contribution in [0.15, 0.2) is 48.5 Å². The number of rotatable bonds is 4. The zero-order chi connectivity index (χ0) is 18.1. The van der Waals surface area contributed by atoms with Crippen LogP contribution in [0.1, 0.15) is 12.0 Å². The molecule has 2 heterocycles. The third kappa shape index (κ3) is 3.15. The number of H-pyrrole nitrogens is 1. The van der Waals surface area contributed by atoms with Crippen LogP contribution in [-0.4, -0.2) is 28.6 Å². The van der Waals surface area contributed by atoms with Crippen LogP contribution in [0.5, 0.6) is 0 Å². The third-order valence-electron chi connectivity index (χ3n) is 4.56. The molecular formula is C19H17ClN4O2. The van der Waals surface area contributed by atoms with Gasteiger partial charge in [0.05, 0.1) is 11.4 Å². The quantitative estimate of drug-likeness (QED) is 0.743. The second-order valence-electron chi connectivity index (χ2n) is 6.35. The second-order valence-corrected chi connectivity index (χ2v) is 6.78. The molecule has 6 nitrogen and oxygen atoms in total. The lowest BCUT2D eigenvalue weighted by molar-refractivity contribution is -0.126. The number of halogens is 1. The summed E-state index contributed by atoms with van der Waals surface area (Å²) in [5.74, 6) is -0.0429. The van der Waals surface area contributed by atoms with Crippen molar-refractivity contribution in [1.29, 1.82) is 0 Å². The van der Waals surface area contributed by atoms with E-state index < -0.39 is 5.92 Å². The first-order valence-corrected chi connectivity index (χ1v) is 8.75. The first-order chi connectivity index (χ1) is 12.6. The topological polar surface area (TPSA) is 78.1 Å². The molecule has 0 radical (unpaired) electrons. The molecule has 1 aliphatic heterocycles. The zero-order valence-corrected chi connectivity index (χ0v) is 14.7. The highest BCUT2D eigenvalue weighted by atomic mass is 35.5. The van der Waals surface area contributed by atoms with Crippen molar-refractivity contribution in [2.45, 2.75) is 13.0 Å². The van der Waals surface area contributed by atoms with Gasteiger partial charge in [-0.3, -0.25) is 19.6 Å². The number of nitrogens with zero attached hydrogens (tertiary/aromatic N) is 2. The molecule has 1 aliphatic rings. The van der Waals surface area contributed by atoms with Crippen molar-refractivity contribution in [1.82, 2.24) is 15.5 Å². The first kappa shape index (κ1) is 16.6. The van der Waals surface area contributed by atoms with Gasteiger partial charge in [0.15, 0.2) is 5.82 Å². The number of amides is 2. The number of para-hydroxylation sites is 1. The van der Waals surface area contributed by atoms with Crippen LogP contribution in [0.4, 0.5) is 5.82 Å². The lowest BCUT2D eigenvalue weighted by Gasteiger charge is -2.14. The number of anilines is 1. The van der Waals surface area contributed by atoms with Gasteiger partial charge in [-0.1, -0.05) is 35.9 Å². The average Bonchev–Trinajstić information content (AvgIpc) is 3.23. The molecule has 0 saturated carbocycles. The van der Waals surface area contributed by atoms with Crippen molar-refractivity contribution in [2.24, 2.45) is 5.92 Å². The number of carbonyl (C=O) groups is 2. The van der Waals surface area contributed by atoms with Gasteiger partial charge in [-0.2, -0.15) is 5.10 Å². The molecule has 2 N–H and O–H groups in total. The molecule has 4 rings (SSSR count). The first-order valence-electron chi connectivity index (χ1n) is 8.37. The monoisotopic (exact) mass is 368 g/mol. The molecule has 0 spiro atoms. The lowest BCUT2D eigenvalue weighted by atomic mass is 10.1. The SMILES string of the molecule is O=C(NCc1cccc(Cl)c1)C1CC(=O)N(c2n[nH]c3ccccc23)C1. The van der Waals surface area contributed by atoms with Crippen LogP contribution in [0, 0.1) is 5.92 Å². The Morgan fingerprint density at radius 3 is 2.96 bits per heavy atom. The zero-order valence-electron chi connectivity index (χ0n) is 13.9. The number of aromatic nitrogens is 2. The van der Waals surface area contributed by atoms with Gasteiger partial charge >= 0.3 is 0 Å². The lowest BCUT2D eigenvalue weighted by Crippen LogP contribution is -2.32. The average molecular weight is 369 g/mol. The number of benzene rings is 2. The summed E-state index contributed by atoms with van der Waals surface area (Å²) in [6, 6.07) is 15.0. The Kier molecular flexibility index (Phi) is 4.34. The van der Waals surface area contributed by atoms with E-state index >= 15 is 0 Å². The highest BCUT2D eigenvalue weighted by molar-refractivity contribution is 6.30. The second kappa shape index (κ2) is 6.80. The van der Waals surface area contributed by atoms with Crippen molar-refractivity contribution in [2.75, 3.05) is 11.4 Å². The minimum Gasteiger partial charge on any atom is -0.352 e. The van der Waals surface area contributed by atoms with E-state index in [4.69, 9.17) is 11.6 Å². The number of aromatic amines is 1. The Morgan fingerprint density at radius 1 is 1.27 bits per heavy atom. The summed E-state index contributed by atoms with van der Waals surface area (Å²) in [5.41, 5.74) is 1.79. The molecule has 2 aromatic carbocycles. The minimum absolute atomic E-state index is 0.0924. The van der Waals surface area contributed by atoms with E-state index in [1.165, 1.54) is 0 Å². The van der Waals surface area contributed by atoms with Gasteiger partial charge < -0.3 is 5.32 Å². The Morgan fingerprint density at radius 2 is 2.12 bits per heavy atom. The molecule has 1 fully saturated rings. The van der Waals surface area contributed by atoms with Crippen molar-refractivity contribution in [3.63, 3.8) is 0 Å². The maximum atomic E-state index is 12.5. The van der Waals surface area contributed by atoms with E-state index in [1.54, 1.807) is 11.0 Å². The summed E-state index contributed by atoms with van der Waals surface area (Å²) >= 11 is 5.96. The number of hydrogen-bond donors (Lipinski definition) is 2. The minimum atomic E-state index is -0.392. The van der Waals surface area contributed by atoms with Gasteiger partial charge in [0, 0.05) is 29.9 Å². The van der Waals surface area contributed by atoms with Gasteiger partial charge in [-0.15, -0.1) is 0 Å². The van der Waals surface area contributed by atoms with E-state index in [0.29, 0.717) is 23.9 Å². The van der Waals surface area contributed by atoms with Crippen molar-refractivity contribution in [3.8, 4) is 0 Å². The van der Waals surface area contributed by atoms with Gasteiger partial charge in [-0.25, -0.2) is 0 Å². The molecule has 132 valence electrons. The van der Waals surface area contributed by atoms with Crippen LogP contribution in [-0.2, 0) is 16.1 Å². The largest absolute Gasteiger partial charge is 0.352 e. The summed E-state index contributed by atoms with van der Waals surface area (Å²) in [6.07, 6.45) is 0.183. The molecule has 3 aromatic rings. The van der Waals surface area contributed by atoms with Crippen LogP contribution >= 0.6 is 11.6 Å². The summed E-state index contributed by atoms with van der Waals surface area (Å²) in [6.45, 7) is 0.713. The normalized spacial score (nSPS) is 17.0. The highest BCUT2D eigenvalue weighted by Crippen LogP contribution is 2.29. The van der Waals surface area contributed by atoms with Gasteiger partial charge in [-0.05, 0) is 29.8 Å². The molecule has 7 heteroatoms. The number of hydrogen-bond acceptors (Lipinski definition) is 3. The number of fused-ring (bicyclic) bond motifs is 1. The molecule has 1 atom stereocenters. The molecule has 0 bridgehead atoms. The standard InChI is InChI=1S/C19H17ClN4O2/c20-14-5-3-4-12(8-14)10-21-19(26)13-9-17(25)24(11-13)18-15-6-1-2-7-16(15)22-23-18/h1-8,13H,9-11H2,(H,21,26)(H,22,23). The molecule has 26 heavy (non-hydrogen) atoms. The van der Waals surface area contributed by atoms with Crippen LogP contribution in [0.3, 0.4) is 0 Å². The Balaban J connectivity index is 1.45. The van der Waals surface area contributed by atoms with Gasteiger partial charge in [0.2, 0.25) is 11.8 Å². The molecular weight excluding hydrogens is 352 g/mol. The smallest absolute Gasteiger partial charge is 0.229 e. The van der Waals surface area contributed by atoms with Crippen LogP contribution < -0.4 is 10.2 Å².